The fourth-order valence-corrected chi connectivity index (χ4v) is 5.95. The maximum absolute atomic E-state index is 12.2. The molecule has 4 nitrogen and oxygen atoms in total. The molecule has 0 spiro atoms. The lowest BCUT2D eigenvalue weighted by Gasteiger charge is -2.39. The van der Waals surface area contributed by atoms with E-state index in [1.807, 2.05) is 0 Å². The molecule has 8 atom stereocenters. The Bertz CT molecular complexity index is 455. The van der Waals surface area contributed by atoms with Gasteiger partial charge in [0.25, 0.3) is 0 Å². The van der Waals surface area contributed by atoms with Crippen molar-refractivity contribution in [1.82, 2.24) is 0 Å². The Morgan fingerprint density at radius 3 is 1.70 bits per heavy atom. The first kappa shape index (κ1) is 12.4. The van der Waals surface area contributed by atoms with Gasteiger partial charge in [-0.1, -0.05) is 12.2 Å². The Labute approximate surface area is 118 Å². The minimum atomic E-state index is -0.286. The number of fused-ring (bicyclic) bond motifs is 9. The molecule has 3 fully saturated rings. The molecular weight excluding hydrogens is 256 g/mol. The van der Waals surface area contributed by atoms with Gasteiger partial charge in [-0.25, -0.2) is 0 Å². The third kappa shape index (κ3) is 1.32. The Hall–Kier alpha value is -1.32. The number of esters is 2. The third-order valence-corrected chi connectivity index (χ3v) is 6.37. The molecule has 0 amide bonds. The van der Waals surface area contributed by atoms with Gasteiger partial charge in [-0.05, 0) is 48.3 Å². The van der Waals surface area contributed by atoms with E-state index in [1.54, 1.807) is 0 Å². The van der Waals surface area contributed by atoms with Crippen LogP contribution < -0.4 is 0 Å². The molecule has 0 aromatic carbocycles. The van der Waals surface area contributed by atoms with Gasteiger partial charge in [0, 0.05) is 0 Å². The zero-order valence-electron chi connectivity index (χ0n) is 11.8. The Balaban J connectivity index is 1.72. The van der Waals surface area contributed by atoms with Crippen molar-refractivity contribution in [1.29, 1.82) is 0 Å². The van der Waals surface area contributed by atoms with Crippen molar-refractivity contribution >= 4 is 11.9 Å². The molecule has 4 aliphatic rings. The summed E-state index contributed by atoms with van der Waals surface area (Å²) in [5.74, 6) is 1.99. The second-order valence-electron chi connectivity index (χ2n) is 6.76. The minimum absolute atomic E-state index is 0.224. The van der Waals surface area contributed by atoms with E-state index >= 15 is 0 Å². The molecule has 0 saturated heterocycles. The SMILES string of the molecule is COC(=O)C1C(C(=O)OC)[C@@H]2C[C@H]1C1C2[C@H]2C=C[C@@H]1C2. The zero-order valence-corrected chi connectivity index (χ0v) is 11.8. The molecule has 4 rings (SSSR count). The maximum Gasteiger partial charge on any atom is 0.309 e. The first-order valence-corrected chi connectivity index (χ1v) is 7.51. The zero-order chi connectivity index (χ0) is 14.0. The summed E-state index contributed by atoms with van der Waals surface area (Å²) in [7, 11) is 2.84. The highest BCUT2D eigenvalue weighted by Gasteiger charge is 2.68. The molecule has 20 heavy (non-hydrogen) atoms. The van der Waals surface area contributed by atoms with E-state index < -0.39 is 0 Å². The van der Waals surface area contributed by atoms with Crippen LogP contribution in [0.3, 0.4) is 0 Å². The van der Waals surface area contributed by atoms with Crippen LogP contribution in [0, 0.1) is 47.3 Å². The van der Waals surface area contributed by atoms with Crippen molar-refractivity contribution in [3.05, 3.63) is 12.2 Å². The summed E-state index contributed by atoms with van der Waals surface area (Å²) in [6.45, 7) is 0. The van der Waals surface area contributed by atoms with Crippen LogP contribution in [0.1, 0.15) is 12.8 Å². The van der Waals surface area contributed by atoms with E-state index in [9.17, 15) is 9.59 Å². The van der Waals surface area contributed by atoms with Crippen molar-refractivity contribution in [2.45, 2.75) is 12.8 Å². The van der Waals surface area contributed by atoms with E-state index in [4.69, 9.17) is 9.47 Å². The number of methoxy groups -OCH3 is 2. The van der Waals surface area contributed by atoms with Crippen molar-refractivity contribution < 1.29 is 19.1 Å². The topological polar surface area (TPSA) is 52.6 Å². The van der Waals surface area contributed by atoms with Crippen molar-refractivity contribution in [3.63, 3.8) is 0 Å². The number of hydrogen-bond donors (Lipinski definition) is 0. The Kier molecular flexibility index (Phi) is 2.54. The number of hydrogen-bond acceptors (Lipinski definition) is 4. The summed E-state index contributed by atoms with van der Waals surface area (Å²) in [4.78, 5) is 24.4. The lowest BCUT2D eigenvalue weighted by atomic mass is 9.65. The van der Waals surface area contributed by atoms with Gasteiger partial charge in [0.2, 0.25) is 0 Å². The van der Waals surface area contributed by atoms with Crippen LogP contribution in [0.5, 0.6) is 0 Å². The average molecular weight is 276 g/mol. The molecule has 4 aliphatic carbocycles. The standard InChI is InChI=1S/C16H20O4/c1-19-15(17)13-9-6-10(14(13)16(18)20-2)12-8-4-3-7(5-8)11(9)12/h3-4,7-14H,5-6H2,1-2H3/t7-,8+,9+,10-,11?,12?,13?,14?. The first-order valence-electron chi connectivity index (χ1n) is 7.51. The Morgan fingerprint density at radius 1 is 0.850 bits per heavy atom. The molecule has 0 aliphatic heterocycles. The predicted molar refractivity (Wildman–Crippen MR) is 70.3 cm³/mol. The van der Waals surface area contributed by atoms with Gasteiger partial charge in [-0.15, -0.1) is 0 Å². The van der Waals surface area contributed by atoms with Crippen molar-refractivity contribution in [3.8, 4) is 0 Å². The second-order valence-corrected chi connectivity index (χ2v) is 6.76. The van der Waals surface area contributed by atoms with Crippen LogP contribution in [0.15, 0.2) is 12.2 Å². The van der Waals surface area contributed by atoms with Gasteiger partial charge in [0.05, 0.1) is 26.1 Å². The van der Waals surface area contributed by atoms with Gasteiger partial charge >= 0.3 is 11.9 Å². The number of carbonyl (C=O) groups is 2. The average Bonchev–Trinajstić information content (AvgIpc) is 3.20. The number of allylic oxidation sites excluding steroid dienone is 2. The summed E-state index contributed by atoms with van der Waals surface area (Å²) >= 11 is 0. The summed E-state index contributed by atoms with van der Waals surface area (Å²) < 4.78 is 9.95. The number of carbonyl (C=O) groups excluding carboxylic acids is 2. The van der Waals surface area contributed by atoms with Crippen LogP contribution in [-0.2, 0) is 19.1 Å². The molecule has 0 heterocycles. The van der Waals surface area contributed by atoms with E-state index in [0.29, 0.717) is 35.5 Å². The fourth-order valence-electron chi connectivity index (χ4n) is 5.95. The quantitative estimate of drug-likeness (QED) is 0.437. The summed E-state index contributed by atoms with van der Waals surface area (Å²) in [5.41, 5.74) is 0. The van der Waals surface area contributed by atoms with Gasteiger partial charge < -0.3 is 9.47 Å². The third-order valence-electron chi connectivity index (χ3n) is 6.37. The fraction of sp³-hybridized carbons (Fsp3) is 0.750. The molecule has 4 unspecified atom stereocenters. The van der Waals surface area contributed by atoms with E-state index in [-0.39, 0.29) is 23.8 Å². The van der Waals surface area contributed by atoms with Crippen LogP contribution in [-0.4, -0.2) is 26.2 Å². The van der Waals surface area contributed by atoms with E-state index in [2.05, 4.69) is 12.2 Å². The highest BCUT2D eigenvalue weighted by atomic mass is 16.5. The normalized spacial score (nSPS) is 50.3. The lowest BCUT2D eigenvalue weighted by Crippen LogP contribution is -2.44. The van der Waals surface area contributed by atoms with E-state index in [1.165, 1.54) is 20.6 Å². The molecule has 108 valence electrons. The molecular formula is C16H20O4. The molecule has 4 bridgehead atoms. The van der Waals surface area contributed by atoms with Crippen molar-refractivity contribution in [2.75, 3.05) is 14.2 Å². The summed E-state index contributed by atoms with van der Waals surface area (Å²) in [6.07, 6.45) is 6.86. The van der Waals surface area contributed by atoms with Gasteiger partial charge in [0.15, 0.2) is 0 Å². The predicted octanol–water partition coefficient (Wildman–Crippen LogP) is 1.65. The molecule has 0 N–H and O–H groups in total. The van der Waals surface area contributed by atoms with Crippen molar-refractivity contribution in [2.24, 2.45) is 47.3 Å². The van der Waals surface area contributed by atoms with Crippen LogP contribution in [0.25, 0.3) is 0 Å². The van der Waals surface area contributed by atoms with Gasteiger partial charge in [0.1, 0.15) is 0 Å². The second kappa shape index (κ2) is 4.09. The molecule has 0 radical (unpaired) electrons. The molecule has 0 aromatic rings. The first-order chi connectivity index (χ1) is 9.67. The maximum atomic E-state index is 12.2. The molecule has 4 heteroatoms. The highest BCUT2D eigenvalue weighted by Crippen LogP contribution is 2.68. The summed E-state index contributed by atoms with van der Waals surface area (Å²) in [5, 5.41) is 0. The van der Waals surface area contributed by atoms with Crippen LogP contribution >= 0.6 is 0 Å². The molecule has 0 aromatic heterocycles. The highest BCUT2D eigenvalue weighted by molar-refractivity contribution is 5.84. The number of rotatable bonds is 2. The summed E-state index contributed by atoms with van der Waals surface area (Å²) in [6, 6.07) is 0. The molecule has 3 saturated carbocycles. The Morgan fingerprint density at radius 2 is 1.30 bits per heavy atom. The van der Waals surface area contributed by atoms with Crippen LogP contribution in [0.4, 0.5) is 0 Å². The van der Waals surface area contributed by atoms with Gasteiger partial charge in [-0.3, -0.25) is 9.59 Å². The smallest absolute Gasteiger partial charge is 0.309 e. The monoisotopic (exact) mass is 276 g/mol. The van der Waals surface area contributed by atoms with E-state index in [0.717, 1.165) is 6.42 Å². The van der Waals surface area contributed by atoms with Gasteiger partial charge in [-0.2, -0.15) is 0 Å². The number of ether oxygens (including phenoxy) is 2. The van der Waals surface area contributed by atoms with Crippen LogP contribution in [0.2, 0.25) is 0 Å². The minimum Gasteiger partial charge on any atom is -0.469 e. The largest absolute Gasteiger partial charge is 0.469 e. The lowest BCUT2D eigenvalue weighted by molar-refractivity contribution is -0.163.